The number of fused-ring (bicyclic) bond motifs is 1. The van der Waals surface area contributed by atoms with Gasteiger partial charge in [0.15, 0.2) is 11.5 Å². The van der Waals surface area contributed by atoms with E-state index in [1.807, 2.05) is 0 Å². The van der Waals surface area contributed by atoms with Gasteiger partial charge in [-0.1, -0.05) is 37.6 Å². The van der Waals surface area contributed by atoms with E-state index in [0.717, 1.165) is 44.1 Å². The van der Waals surface area contributed by atoms with E-state index in [9.17, 15) is 0 Å². The molecule has 0 spiro atoms. The second-order valence-corrected chi connectivity index (χ2v) is 7.57. The number of aryl methyl sites for hydroxylation is 2. The van der Waals surface area contributed by atoms with Crippen LogP contribution in [-0.2, 0) is 6.42 Å². The van der Waals surface area contributed by atoms with E-state index in [4.69, 9.17) is 9.47 Å². The van der Waals surface area contributed by atoms with Crippen LogP contribution in [0.4, 0.5) is 0 Å². The van der Waals surface area contributed by atoms with Gasteiger partial charge in [-0.25, -0.2) is 0 Å². The molecule has 3 rings (SSSR count). The molecule has 4 heteroatoms. The second-order valence-electron chi connectivity index (χ2n) is 7.57. The Labute approximate surface area is 169 Å². The van der Waals surface area contributed by atoms with Gasteiger partial charge in [0.2, 0.25) is 0 Å². The van der Waals surface area contributed by atoms with Gasteiger partial charge >= 0.3 is 0 Å². The average molecular weight is 383 g/mol. The fourth-order valence-electron chi connectivity index (χ4n) is 4.01. The van der Waals surface area contributed by atoms with Crippen molar-refractivity contribution in [3.05, 3.63) is 58.1 Å². The van der Waals surface area contributed by atoms with Crippen molar-refractivity contribution in [1.29, 1.82) is 0 Å². The Balaban J connectivity index is 1.90. The van der Waals surface area contributed by atoms with E-state index in [2.05, 4.69) is 68.2 Å². The van der Waals surface area contributed by atoms with Gasteiger partial charge < -0.3 is 19.7 Å². The molecule has 28 heavy (non-hydrogen) atoms. The maximum Gasteiger partial charge on any atom is 0.161 e. The minimum atomic E-state index is 0.194. The van der Waals surface area contributed by atoms with Gasteiger partial charge in [-0.05, 0) is 67.7 Å². The molecule has 0 fully saturated rings. The molecule has 1 unspecified atom stereocenters. The molecule has 152 valence electrons. The summed E-state index contributed by atoms with van der Waals surface area (Å²) in [7, 11) is 1.72. The van der Waals surface area contributed by atoms with Gasteiger partial charge in [0.1, 0.15) is 6.61 Å². The van der Waals surface area contributed by atoms with Crippen molar-refractivity contribution in [1.82, 2.24) is 10.2 Å². The number of benzene rings is 2. The Bertz CT molecular complexity index is 799. The third-order valence-corrected chi connectivity index (χ3v) is 5.78. The zero-order valence-corrected chi connectivity index (χ0v) is 18.0. The van der Waals surface area contributed by atoms with Gasteiger partial charge in [-0.3, -0.25) is 0 Å². The van der Waals surface area contributed by atoms with Crippen LogP contribution in [-0.4, -0.2) is 44.8 Å². The molecule has 0 radical (unpaired) electrons. The summed E-state index contributed by atoms with van der Waals surface area (Å²) in [4.78, 5) is 2.37. The quantitative estimate of drug-likeness (QED) is 0.739. The first-order chi connectivity index (χ1) is 13.6. The smallest absolute Gasteiger partial charge is 0.161 e. The molecule has 2 aromatic carbocycles. The molecule has 1 aliphatic rings. The van der Waals surface area contributed by atoms with E-state index in [1.54, 1.807) is 7.11 Å². The van der Waals surface area contributed by atoms with Gasteiger partial charge in [0.25, 0.3) is 0 Å². The predicted octanol–water partition coefficient (Wildman–Crippen LogP) is 4.27. The first-order valence-corrected chi connectivity index (χ1v) is 10.4. The summed E-state index contributed by atoms with van der Waals surface area (Å²) in [5, 5.41) is 3.71. The minimum Gasteiger partial charge on any atom is -0.493 e. The number of hydrogen-bond acceptors (Lipinski definition) is 4. The lowest BCUT2D eigenvalue weighted by atomic mass is 9.87. The molecule has 1 aliphatic heterocycles. The van der Waals surface area contributed by atoms with Crippen LogP contribution in [0.3, 0.4) is 0 Å². The predicted molar refractivity (Wildman–Crippen MR) is 116 cm³/mol. The number of rotatable bonds is 8. The van der Waals surface area contributed by atoms with Gasteiger partial charge in [0.05, 0.1) is 13.2 Å². The highest BCUT2D eigenvalue weighted by Gasteiger charge is 2.25. The van der Waals surface area contributed by atoms with Crippen LogP contribution in [0, 0.1) is 13.8 Å². The van der Waals surface area contributed by atoms with Crippen LogP contribution in [0.2, 0.25) is 0 Å². The van der Waals surface area contributed by atoms with Gasteiger partial charge in [0, 0.05) is 13.1 Å². The molecule has 0 bridgehead atoms. The number of ether oxygens (including phenoxy) is 2. The molecule has 0 saturated heterocycles. The van der Waals surface area contributed by atoms with Crippen LogP contribution in [0.5, 0.6) is 11.5 Å². The molecule has 1 heterocycles. The highest BCUT2D eigenvalue weighted by molar-refractivity contribution is 5.52. The molecule has 0 aliphatic carbocycles. The number of nitrogens with one attached hydrogen (secondary N) is 1. The monoisotopic (exact) mass is 382 g/mol. The summed E-state index contributed by atoms with van der Waals surface area (Å²) in [6, 6.07) is 11.2. The van der Waals surface area contributed by atoms with Crippen molar-refractivity contribution in [3.8, 4) is 11.5 Å². The topological polar surface area (TPSA) is 33.7 Å². The number of hydrogen-bond donors (Lipinski definition) is 1. The Morgan fingerprint density at radius 2 is 1.82 bits per heavy atom. The summed E-state index contributed by atoms with van der Waals surface area (Å²) >= 11 is 0. The van der Waals surface area contributed by atoms with E-state index in [-0.39, 0.29) is 6.04 Å². The van der Waals surface area contributed by atoms with Gasteiger partial charge in [-0.15, -0.1) is 0 Å². The highest BCUT2D eigenvalue weighted by atomic mass is 16.5. The number of nitrogens with zero attached hydrogens (tertiary/aromatic N) is 1. The van der Waals surface area contributed by atoms with Crippen molar-refractivity contribution in [2.75, 3.05) is 39.9 Å². The maximum absolute atomic E-state index is 6.17. The molecular formula is C24H34N2O2. The number of likely N-dealkylation sites (N-methyl/N-ethyl adjacent to an activating group) is 1. The summed E-state index contributed by atoms with van der Waals surface area (Å²) in [5.41, 5.74) is 6.60. The Morgan fingerprint density at radius 3 is 2.54 bits per heavy atom. The molecule has 2 aromatic rings. The number of methoxy groups -OCH3 is 1. The molecule has 1 atom stereocenters. The zero-order valence-electron chi connectivity index (χ0n) is 18.0. The normalized spacial score (nSPS) is 16.1. The molecule has 1 N–H and O–H groups in total. The van der Waals surface area contributed by atoms with Crippen molar-refractivity contribution in [2.24, 2.45) is 0 Å². The van der Waals surface area contributed by atoms with Crippen molar-refractivity contribution >= 4 is 0 Å². The lowest BCUT2D eigenvalue weighted by Gasteiger charge is -2.30. The van der Waals surface area contributed by atoms with E-state index >= 15 is 0 Å². The fraction of sp³-hybridized carbons (Fsp3) is 0.500. The summed E-state index contributed by atoms with van der Waals surface area (Å²) in [6.07, 6.45) is 1.01. The summed E-state index contributed by atoms with van der Waals surface area (Å²) < 4.78 is 11.8. The zero-order chi connectivity index (χ0) is 20.1. The van der Waals surface area contributed by atoms with E-state index in [1.165, 1.54) is 27.8 Å². The van der Waals surface area contributed by atoms with Crippen molar-refractivity contribution < 1.29 is 9.47 Å². The Kier molecular flexibility index (Phi) is 6.97. The average Bonchev–Trinajstić information content (AvgIpc) is 2.72. The third-order valence-electron chi connectivity index (χ3n) is 5.78. The van der Waals surface area contributed by atoms with Crippen LogP contribution in [0.25, 0.3) is 0 Å². The largest absolute Gasteiger partial charge is 0.493 e. The van der Waals surface area contributed by atoms with Crippen LogP contribution >= 0.6 is 0 Å². The first kappa shape index (κ1) is 20.7. The highest BCUT2D eigenvalue weighted by Crippen LogP contribution is 2.38. The van der Waals surface area contributed by atoms with Crippen LogP contribution < -0.4 is 14.8 Å². The first-order valence-electron chi connectivity index (χ1n) is 10.4. The molecule has 0 saturated carbocycles. The SMILES string of the molecule is CCN(CC)CCOc1cc2c(cc1OC)CCNC2c1cc(C)ccc1C. The van der Waals surface area contributed by atoms with E-state index in [0.29, 0.717) is 6.61 Å². The standard InChI is InChI=1S/C24H34N2O2/c1-6-26(7-2)12-13-28-23-16-21-19(15-22(23)27-5)10-11-25-24(21)20-14-17(3)8-9-18(20)4/h8-9,14-16,24-25H,6-7,10-13H2,1-5H3. The van der Waals surface area contributed by atoms with Crippen LogP contribution in [0.1, 0.15) is 47.7 Å². The van der Waals surface area contributed by atoms with Crippen molar-refractivity contribution in [2.45, 2.75) is 40.2 Å². The summed E-state index contributed by atoms with van der Waals surface area (Å²) in [6.45, 7) is 13.4. The third kappa shape index (κ3) is 4.50. The maximum atomic E-state index is 6.17. The Hall–Kier alpha value is -2.04. The molecule has 0 amide bonds. The molecule has 0 aromatic heterocycles. The van der Waals surface area contributed by atoms with Crippen molar-refractivity contribution in [3.63, 3.8) is 0 Å². The van der Waals surface area contributed by atoms with Gasteiger partial charge in [-0.2, -0.15) is 0 Å². The molecular weight excluding hydrogens is 348 g/mol. The van der Waals surface area contributed by atoms with Crippen LogP contribution in [0.15, 0.2) is 30.3 Å². The fourth-order valence-corrected chi connectivity index (χ4v) is 4.01. The Morgan fingerprint density at radius 1 is 1.04 bits per heavy atom. The molecule has 4 nitrogen and oxygen atoms in total. The minimum absolute atomic E-state index is 0.194. The lowest BCUT2D eigenvalue weighted by Crippen LogP contribution is -2.31. The lowest BCUT2D eigenvalue weighted by molar-refractivity contribution is 0.217. The second kappa shape index (κ2) is 9.44. The summed E-state index contributed by atoms with van der Waals surface area (Å²) in [5.74, 6) is 1.67. The van der Waals surface area contributed by atoms with E-state index < -0.39 is 0 Å².